The Morgan fingerprint density at radius 3 is 2.36 bits per heavy atom. The van der Waals surface area contributed by atoms with Crippen LogP contribution in [0, 0.1) is 5.92 Å². The number of hydrogen-bond donors (Lipinski definition) is 2. The molecule has 0 saturated carbocycles. The molecule has 1 aliphatic rings. The Hall–Kier alpha value is -2.52. The van der Waals surface area contributed by atoms with Gasteiger partial charge in [0, 0.05) is 24.2 Å². The lowest BCUT2D eigenvalue weighted by Gasteiger charge is -2.31. The lowest BCUT2D eigenvalue weighted by Crippen LogP contribution is -2.46. The molecule has 1 aliphatic heterocycles. The van der Waals surface area contributed by atoms with Gasteiger partial charge in [0.15, 0.2) is 0 Å². The number of rotatable bonds is 7. The van der Waals surface area contributed by atoms with E-state index in [0.29, 0.717) is 37.4 Å². The number of esters is 1. The smallest absolute Gasteiger partial charge is 0.332 e. The van der Waals surface area contributed by atoms with Crippen LogP contribution in [0.3, 0.4) is 0 Å². The van der Waals surface area contributed by atoms with Crippen LogP contribution >= 0.6 is 12.2 Å². The van der Waals surface area contributed by atoms with E-state index in [1.165, 1.54) is 0 Å². The zero-order valence-corrected chi connectivity index (χ0v) is 16.6. The number of imide groups is 1. The third-order valence-electron chi connectivity index (χ3n) is 4.43. The number of benzene rings is 1. The minimum Gasteiger partial charge on any atom is -0.464 e. The first-order valence-electron chi connectivity index (χ1n) is 9.14. The van der Waals surface area contributed by atoms with Gasteiger partial charge in [-0.1, -0.05) is 24.4 Å². The largest absolute Gasteiger partial charge is 0.464 e. The second-order valence-corrected chi connectivity index (χ2v) is 6.89. The van der Waals surface area contributed by atoms with Gasteiger partial charge >= 0.3 is 12.0 Å². The molecule has 1 heterocycles. The van der Waals surface area contributed by atoms with Crippen LogP contribution in [0.1, 0.15) is 35.7 Å². The van der Waals surface area contributed by atoms with Crippen LogP contribution in [-0.2, 0) is 14.3 Å². The van der Waals surface area contributed by atoms with E-state index in [2.05, 4.69) is 5.32 Å². The second kappa shape index (κ2) is 10.7. The van der Waals surface area contributed by atoms with Crippen molar-refractivity contribution < 1.29 is 23.9 Å². The average Bonchev–Trinajstić information content (AvgIpc) is 2.68. The van der Waals surface area contributed by atoms with Gasteiger partial charge < -0.3 is 20.1 Å². The van der Waals surface area contributed by atoms with Gasteiger partial charge in [-0.05, 0) is 37.8 Å². The summed E-state index contributed by atoms with van der Waals surface area (Å²) in [6, 6.07) is 6.01. The summed E-state index contributed by atoms with van der Waals surface area (Å²) in [6.45, 7) is 3.51. The monoisotopic (exact) mass is 407 g/mol. The summed E-state index contributed by atoms with van der Waals surface area (Å²) in [6.07, 6.45) is 1.49. The van der Waals surface area contributed by atoms with Crippen molar-refractivity contribution in [1.29, 1.82) is 0 Å². The minimum atomic E-state index is -0.473. The molecule has 0 unspecified atom stereocenters. The Morgan fingerprint density at radius 2 is 1.79 bits per heavy atom. The maximum absolute atomic E-state index is 12.3. The number of amides is 3. The highest BCUT2D eigenvalue weighted by Crippen LogP contribution is 2.17. The molecule has 1 saturated heterocycles. The first-order valence-corrected chi connectivity index (χ1v) is 9.55. The van der Waals surface area contributed by atoms with Gasteiger partial charge in [-0.2, -0.15) is 0 Å². The number of nitrogens with zero attached hydrogens (tertiary/aromatic N) is 1. The van der Waals surface area contributed by atoms with Gasteiger partial charge in [-0.3, -0.25) is 10.1 Å². The Balaban J connectivity index is 1.73. The van der Waals surface area contributed by atoms with Crippen molar-refractivity contribution in [3.63, 3.8) is 0 Å². The second-order valence-electron chi connectivity index (χ2n) is 6.45. The average molecular weight is 407 g/mol. The van der Waals surface area contributed by atoms with Gasteiger partial charge in [-0.25, -0.2) is 9.59 Å². The Labute approximate surface area is 169 Å². The van der Waals surface area contributed by atoms with Crippen molar-refractivity contribution in [2.24, 2.45) is 11.7 Å². The highest BCUT2D eigenvalue weighted by molar-refractivity contribution is 7.80. The maximum atomic E-state index is 12.3. The molecule has 9 heteroatoms. The van der Waals surface area contributed by atoms with E-state index in [1.54, 1.807) is 36.1 Å². The fourth-order valence-electron chi connectivity index (χ4n) is 2.85. The summed E-state index contributed by atoms with van der Waals surface area (Å²) in [5.41, 5.74) is 6.54. The number of thiocarbonyl (C=S) groups is 1. The summed E-state index contributed by atoms with van der Waals surface area (Å²) in [4.78, 5) is 37.6. The summed E-state index contributed by atoms with van der Waals surface area (Å²) < 4.78 is 10.2. The minimum absolute atomic E-state index is 0.0588. The van der Waals surface area contributed by atoms with Crippen molar-refractivity contribution in [1.82, 2.24) is 10.2 Å². The van der Waals surface area contributed by atoms with Crippen molar-refractivity contribution >= 4 is 35.1 Å². The summed E-state index contributed by atoms with van der Waals surface area (Å²) in [5, 5.41) is 2.39. The molecule has 3 N–H and O–H groups in total. The third-order valence-corrected chi connectivity index (χ3v) is 4.67. The maximum Gasteiger partial charge on any atom is 0.332 e. The molecule has 0 spiro atoms. The fraction of sp³-hybridized carbons (Fsp3) is 0.474. The summed E-state index contributed by atoms with van der Waals surface area (Å²) >= 11 is 4.87. The van der Waals surface area contributed by atoms with Crippen LogP contribution in [0.5, 0.6) is 0 Å². The number of urea groups is 1. The molecule has 0 aliphatic carbocycles. The van der Waals surface area contributed by atoms with Gasteiger partial charge in [0.2, 0.25) is 0 Å². The number of piperidine rings is 1. The molecule has 1 fully saturated rings. The SMILES string of the molecule is CCOC(=O)COCC1CCN(C(=O)NC(=O)c2ccc(C(N)=S)cc2)CC1. The lowest BCUT2D eigenvalue weighted by molar-refractivity contribution is -0.149. The Morgan fingerprint density at radius 1 is 1.18 bits per heavy atom. The molecule has 0 bridgehead atoms. The Kier molecular flexibility index (Phi) is 8.34. The van der Waals surface area contributed by atoms with E-state index in [1.807, 2.05) is 0 Å². The molecule has 2 rings (SSSR count). The van der Waals surface area contributed by atoms with Gasteiger partial charge in [0.05, 0.1) is 13.2 Å². The fourth-order valence-corrected chi connectivity index (χ4v) is 2.98. The van der Waals surface area contributed by atoms with Crippen LogP contribution in [-0.4, -0.2) is 60.7 Å². The van der Waals surface area contributed by atoms with E-state index in [0.717, 1.165) is 12.8 Å². The number of nitrogens with two attached hydrogens (primary N) is 1. The zero-order chi connectivity index (χ0) is 20.5. The quantitative estimate of drug-likeness (QED) is 0.520. The van der Waals surface area contributed by atoms with Crippen molar-refractivity contribution in [3.05, 3.63) is 35.4 Å². The first kappa shape index (κ1) is 21.8. The highest BCUT2D eigenvalue weighted by Gasteiger charge is 2.24. The van der Waals surface area contributed by atoms with Crippen LogP contribution in [0.4, 0.5) is 4.79 Å². The topological polar surface area (TPSA) is 111 Å². The molecule has 1 aromatic rings. The van der Waals surface area contributed by atoms with Gasteiger partial charge in [-0.15, -0.1) is 0 Å². The standard InChI is InChI=1S/C19H25N3O5S/c1-2-27-16(23)12-26-11-13-7-9-22(10-8-13)19(25)21-18(24)15-5-3-14(4-6-15)17(20)28/h3-6,13H,2,7-12H2,1H3,(H2,20,28)(H,21,24,25). The predicted molar refractivity (Wildman–Crippen MR) is 107 cm³/mol. The molecule has 1 aromatic carbocycles. The van der Waals surface area contributed by atoms with E-state index >= 15 is 0 Å². The molecule has 0 radical (unpaired) electrons. The molecule has 0 aromatic heterocycles. The molecule has 3 amide bonds. The molecular formula is C19H25N3O5S. The highest BCUT2D eigenvalue weighted by atomic mass is 32.1. The van der Waals surface area contributed by atoms with E-state index < -0.39 is 11.9 Å². The van der Waals surface area contributed by atoms with Crippen molar-refractivity contribution in [2.75, 3.05) is 32.9 Å². The third kappa shape index (κ3) is 6.58. The first-order chi connectivity index (χ1) is 13.4. The van der Waals surface area contributed by atoms with Gasteiger partial charge in [0.1, 0.15) is 11.6 Å². The molecular weight excluding hydrogens is 382 g/mol. The zero-order valence-electron chi connectivity index (χ0n) is 15.8. The predicted octanol–water partition coefficient (Wildman–Crippen LogP) is 1.46. The van der Waals surface area contributed by atoms with Crippen molar-refractivity contribution in [3.8, 4) is 0 Å². The number of hydrogen-bond acceptors (Lipinski definition) is 6. The van der Waals surface area contributed by atoms with Crippen LogP contribution in [0.25, 0.3) is 0 Å². The van der Waals surface area contributed by atoms with Crippen LogP contribution in [0.15, 0.2) is 24.3 Å². The normalized spacial score (nSPS) is 14.4. The van der Waals surface area contributed by atoms with Crippen molar-refractivity contribution in [2.45, 2.75) is 19.8 Å². The number of nitrogens with one attached hydrogen (secondary N) is 1. The summed E-state index contributed by atoms with van der Waals surface area (Å²) in [5.74, 6) is -0.583. The number of carbonyl (C=O) groups is 3. The van der Waals surface area contributed by atoms with E-state index in [9.17, 15) is 14.4 Å². The molecule has 0 atom stereocenters. The molecule has 28 heavy (non-hydrogen) atoms. The number of carbonyl (C=O) groups excluding carboxylic acids is 3. The number of likely N-dealkylation sites (tertiary alicyclic amines) is 1. The van der Waals surface area contributed by atoms with Gasteiger partial charge in [0.25, 0.3) is 5.91 Å². The molecule has 8 nitrogen and oxygen atoms in total. The van der Waals surface area contributed by atoms with Crippen LogP contribution in [0.2, 0.25) is 0 Å². The van der Waals surface area contributed by atoms with E-state index in [-0.39, 0.29) is 23.5 Å². The van der Waals surface area contributed by atoms with E-state index in [4.69, 9.17) is 27.4 Å². The lowest BCUT2D eigenvalue weighted by atomic mass is 9.98. The number of ether oxygens (including phenoxy) is 2. The summed E-state index contributed by atoms with van der Waals surface area (Å²) in [7, 11) is 0. The Bertz CT molecular complexity index is 715. The van der Waals surface area contributed by atoms with Crippen LogP contribution < -0.4 is 11.1 Å². The molecule has 152 valence electrons.